The molecule has 0 N–H and O–H groups in total. The quantitative estimate of drug-likeness (QED) is 0.514. The van der Waals surface area contributed by atoms with Crippen LogP contribution in [0.15, 0.2) is 24.3 Å². The molecule has 0 heterocycles. The lowest BCUT2D eigenvalue weighted by atomic mass is 10.3. The van der Waals surface area contributed by atoms with Crippen LogP contribution >= 0.6 is 11.6 Å². The lowest BCUT2D eigenvalue weighted by Gasteiger charge is -2.02. The average Bonchev–Trinajstić information content (AvgIpc) is 2.09. The third kappa shape index (κ3) is 2.86. The fourth-order valence-electron chi connectivity index (χ4n) is 0.759. The fourth-order valence-corrected chi connectivity index (χ4v) is 0.885. The van der Waals surface area contributed by atoms with Crippen LogP contribution in [0.1, 0.15) is 6.42 Å². The van der Waals surface area contributed by atoms with E-state index in [2.05, 4.69) is 5.92 Å². The molecule has 1 aromatic carbocycles. The van der Waals surface area contributed by atoms with Crippen LogP contribution in [0.25, 0.3) is 0 Å². The predicted octanol–water partition coefficient (Wildman–Crippen LogP) is 2.74. The van der Waals surface area contributed by atoms with Gasteiger partial charge in [-0.15, -0.1) is 12.3 Å². The highest BCUT2D eigenvalue weighted by Gasteiger charge is 1.91. The standard InChI is InChI=1S/C10H9ClO/c1-2-3-8-12-10-6-4-9(11)5-7-10/h1,4-7H,3,8H2. The Morgan fingerprint density at radius 1 is 1.33 bits per heavy atom. The van der Waals surface area contributed by atoms with E-state index >= 15 is 0 Å². The van der Waals surface area contributed by atoms with Crippen molar-refractivity contribution in [3.05, 3.63) is 29.3 Å². The SMILES string of the molecule is C#CCCOc1ccc(Cl)cc1. The van der Waals surface area contributed by atoms with Crippen molar-refractivity contribution in [2.75, 3.05) is 6.61 Å². The third-order valence-corrected chi connectivity index (χ3v) is 1.58. The number of terminal acetylenes is 1. The van der Waals surface area contributed by atoms with E-state index in [0.29, 0.717) is 18.1 Å². The molecule has 0 saturated heterocycles. The van der Waals surface area contributed by atoms with Crippen molar-refractivity contribution < 1.29 is 4.74 Å². The smallest absolute Gasteiger partial charge is 0.119 e. The molecule has 12 heavy (non-hydrogen) atoms. The van der Waals surface area contributed by atoms with Gasteiger partial charge in [0, 0.05) is 11.4 Å². The van der Waals surface area contributed by atoms with Crippen LogP contribution in [0.4, 0.5) is 0 Å². The zero-order chi connectivity index (χ0) is 8.81. The molecule has 0 saturated carbocycles. The van der Waals surface area contributed by atoms with Gasteiger partial charge < -0.3 is 4.74 Å². The van der Waals surface area contributed by atoms with Crippen LogP contribution in [0.5, 0.6) is 5.75 Å². The summed E-state index contributed by atoms with van der Waals surface area (Å²) >= 11 is 5.69. The monoisotopic (exact) mass is 180 g/mol. The summed E-state index contributed by atoms with van der Waals surface area (Å²) in [5.74, 6) is 3.30. The Kier molecular flexibility index (Phi) is 3.50. The molecule has 1 aromatic rings. The molecule has 62 valence electrons. The molecule has 0 atom stereocenters. The van der Waals surface area contributed by atoms with Gasteiger partial charge in [-0.1, -0.05) is 11.6 Å². The van der Waals surface area contributed by atoms with Crippen molar-refractivity contribution >= 4 is 11.6 Å². The minimum absolute atomic E-state index is 0.554. The van der Waals surface area contributed by atoms with E-state index in [4.69, 9.17) is 22.8 Å². The van der Waals surface area contributed by atoms with Crippen LogP contribution in [-0.2, 0) is 0 Å². The van der Waals surface area contributed by atoms with Crippen molar-refractivity contribution in [3.8, 4) is 18.1 Å². The second-order valence-corrected chi connectivity index (χ2v) is 2.69. The number of hydrogen-bond acceptors (Lipinski definition) is 1. The average molecular weight is 181 g/mol. The Morgan fingerprint density at radius 2 is 2.00 bits per heavy atom. The van der Waals surface area contributed by atoms with Crippen molar-refractivity contribution in [2.45, 2.75) is 6.42 Å². The molecule has 0 aliphatic rings. The Balaban J connectivity index is 2.43. The van der Waals surface area contributed by atoms with Gasteiger partial charge >= 0.3 is 0 Å². The van der Waals surface area contributed by atoms with Gasteiger partial charge in [0.2, 0.25) is 0 Å². The number of hydrogen-bond donors (Lipinski definition) is 0. The highest BCUT2D eigenvalue weighted by atomic mass is 35.5. The van der Waals surface area contributed by atoms with Gasteiger partial charge in [-0.2, -0.15) is 0 Å². The van der Waals surface area contributed by atoms with Crippen LogP contribution in [0, 0.1) is 12.3 Å². The molecule has 0 unspecified atom stereocenters. The van der Waals surface area contributed by atoms with Gasteiger partial charge in [-0.25, -0.2) is 0 Å². The van der Waals surface area contributed by atoms with Gasteiger partial charge in [-0.3, -0.25) is 0 Å². The Labute approximate surface area is 77.3 Å². The van der Waals surface area contributed by atoms with E-state index in [-0.39, 0.29) is 0 Å². The zero-order valence-electron chi connectivity index (χ0n) is 6.59. The summed E-state index contributed by atoms with van der Waals surface area (Å²) < 4.78 is 5.30. The first-order valence-electron chi connectivity index (χ1n) is 3.65. The Bertz CT molecular complexity index is 271. The van der Waals surface area contributed by atoms with Gasteiger partial charge in [0.25, 0.3) is 0 Å². The molecule has 0 aliphatic carbocycles. The van der Waals surface area contributed by atoms with E-state index in [9.17, 15) is 0 Å². The van der Waals surface area contributed by atoms with E-state index in [1.54, 1.807) is 12.1 Å². The molecule has 0 radical (unpaired) electrons. The maximum atomic E-state index is 5.69. The fraction of sp³-hybridized carbons (Fsp3) is 0.200. The summed E-state index contributed by atoms with van der Waals surface area (Å²) in [6.45, 7) is 0.554. The molecule has 0 aliphatic heterocycles. The first-order chi connectivity index (χ1) is 5.83. The van der Waals surface area contributed by atoms with E-state index < -0.39 is 0 Å². The highest BCUT2D eigenvalue weighted by molar-refractivity contribution is 6.30. The Morgan fingerprint density at radius 3 is 2.58 bits per heavy atom. The maximum Gasteiger partial charge on any atom is 0.119 e. The first kappa shape index (κ1) is 8.96. The summed E-state index contributed by atoms with van der Waals surface area (Å²) in [6.07, 6.45) is 5.69. The second kappa shape index (κ2) is 4.69. The summed E-state index contributed by atoms with van der Waals surface area (Å²) in [4.78, 5) is 0. The molecule has 1 rings (SSSR count). The largest absolute Gasteiger partial charge is 0.493 e. The second-order valence-electron chi connectivity index (χ2n) is 2.26. The molecule has 0 fully saturated rings. The van der Waals surface area contributed by atoms with Crippen LogP contribution < -0.4 is 4.74 Å². The van der Waals surface area contributed by atoms with Crippen molar-refractivity contribution in [3.63, 3.8) is 0 Å². The summed E-state index contributed by atoms with van der Waals surface area (Å²) in [6, 6.07) is 7.21. The highest BCUT2D eigenvalue weighted by Crippen LogP contribution is 2.15. The van der Waals surface area contributed by atoms with Crippen LogP contribution in [0.2, 0.25) is 5.02 Å². The number of rotatable bonds is 3. The van der Waals surface area contributed by atoms with Gasteiger partial charge in [0.05, 0.1) is 6.61 Å². The minimum Gasteiger partial charge on any atom is -0.493 e. The molecule has 0 aromatic heterocycles. The third-order valence-electron chi connectivity index (χ3n) is 1.33. The zero-order valence-corrected chi connectivity index (χ0v) is 7.34. The van der Waals surface area contributed by atoms with Gasteiger partial charge in [0.15, 0.2) is 0 Å². The minimum atomic E-state index is 0.554. The van der Waals surface area contributed by atoms with Crippen LogP contribution in [-0.4, -0.2) is 6.61 Å². The molecule has 0 amide bonds. The maximum absolute atomic E-state index is 5.69. The number of halogens is 1. The summed E-state index contributed by atoms with van der Waals surface area (Å²) in [5, 5.41) is 0.708. The first-order valence-corrected chi connectivity index (χ1v) is 4.02. The molecule has 2 heteroatoms. The predicted molar refractivity (Wildman–Crippen MR) is 50.4 cm³/mol. The van der Waals surface area contributed by atoms with Gasteiger partial charge in [0.1, 0.15) is 5.75 Å². The van der Waals surface area contributed by atoms with E-state index in [0.717, 1.165) is 5.75 Å². The number of benzene rings is 1. The van der Waals surface area contributed by atoms with Crippen LogP contribution in [0.3, 0.4) is 0 Å². The van der Waals surface area contributed by atoms with Gasteiger partial charge in [-0.05, 0) is 24.3 Å². The lowest BCUT2D eigenvalue weighted by Crippen LogP contribution is -1.94. The number of ether oxygens (including phenoxy) is 1. The molecule has 1 nitrogen and oxygen atoms in total. The van der Waals surface area contributed by atoms with Crippen molar-refractivity contribution in [1.82, 2.24) is 0 Å². The topological polar surface area (TPSA) is 9.23 Å². The summed E-state index contributed by atoms with van der Waals surface area (Å²) in [7, 11) is 0. The molecular formula is C10H9ClO. The lowest BCUT2D eigenvalue weighted by molar-refractivity contribution is 0.327. The van der Waals surface area contributed by atoms with E-state index in [1.165, 1.54) is 0 Å². The van der Waals surface area contributed by atoms with E-state index in [1.807, 2.05) is 12.1 Å². The summed E-state index contributed by atoms with van der Waals surface area (Å²) in [5.41, 5.74) is 0. The van der Waals surface area contributed by atoms with Crippen molar-refractivity contribution in [2.24, 2.45) is 0 Å². The molecular weight excluding hydrogens is 172 g/mol. The molecule has 0 spiro atoms. The molecule has 0 bridgehead atoms. The Hall–Kier alpha value is -1.13. The normalized spacial score (nSPS) is 9.00. The van der Waals surface area contributed by atoms with Crippen molar-refractivity contribution in [1.29, 1.82) is 0 Å².